The Bertz CT molecular complexity index is 272. The van der Waals surface area contributed by atoms with Crippen molar-refractivity contribution < 1.29 is 14.7 Å². The van der Waals surface area contributed by atoms with E-state index in [1.54, 1.807) is 0 Å². The first-order valence-corrected chi connectivity index (χ1v) is 5.82. The molecule has 1 aliphatic rings. The predicted octanol–water partition coefficient (Wildman–Crippen LogP) is 0.627. The van der Waals surface area contributed by atoms with Crippen molar-refractivity contribution in [3.8, 4) is 0 Å². The molecule has 0 radical (unpaired) electrons. The van der Waals surface area contributed by atoms with E-state index in [2.05, 4.69) is 5.32 Å². The first kappa shape index (κ1) is 13.0. The van der Waals surface area contributed by atoms with Gasteiger partial charge in [0.25, 0.3) is 0 Å². The highest BCUT2D eigenvalue weighted by molar-refractivity contribution is 5.90. The number of aliphatic carboxylic acids is 1. The summed E-state index contributed by atoms with van der Waals surface area (Å²) < 4.78 is 0. The minimum Gasteiger partial charge on any atom is -0.480 e. The molecule has 0 saturated heterocycles. The second-order valence-electron chi connectivity index (χ2n) is 4.52. The average Bonchev–Trinajstić information content (AvgIpc) is 2.65. The molecule has 0 aliphatic heterocycles. The molecular formula is C11H20N2O3. The van der Waals surface area contributed by atoms with E-state index >= 15 is 0 Å². The van der Waals surface area contributed by atoms with Gasteiger partial charge in [0.1, 0.15) is 6.04 Å². The van der Waals surface area contributed by atoms with Gasteiger partial charge in [-0.3, -0.25) is 4.79 Å². The summed E-state index contributed by atoms with van der Waals surface area (Å²) in [7, 11) is 0. The van der Waals surface area contributed by atoms with Crippen LogP contribution in [0, 0.1) is 0 Å². The van der Waals surface area contributed by atoms with E-state index in [9.17, 15) is 9.59 Å². The first-order valence-electron chi connectivity index (χ1n) is 5.82. The molecule has 0 heterocycles. The molecule has 1 aliphatic carbocycles. The van der Waals surface area contributed by atoms with Crippen molar-refractivity contribution in [2.45, 2.75) is 57.0 Å². The fraction of sp³-hybridized carbons (Fsp3) is 0.818. The van der Waals surface area contributed by atoms with Gasteiger partial charge in [-0.2, -0.15) is 0 Å². The van der Waals surface area contributed by atoms with Crippen LogP contribution in [0.4, 0.5) is 0 Å². The molecule has 0 unspecified atom stereocenters. The van der Waals surface area contributed by atoms with Gasteiger partial charge in [-0.15, -0.1) is 0 Å². The van der Waals surface area contributed by atoms with E-state index in [4.69, 9.17) is 10.8 Å². The number of nitrogens with one attached hydrogen (secondary N) is 1. The van der Waals surface area contributed by atoms with Gasteiger partial charge in [-0.1, -0.05) is 26.2 Å². The molecule has 92 valence electrons. The van der Waals surface area contributed by atoms with E-state index in [1.165, 1.54) is 0 Å². The van der Waals surface area contributed by atoms with E-state index < -0.39 is 17.6 Å². The first-order chi connectivity index (χ1) is 7.49. The molecular weight excluding hydrogens is 208 g/mol. The van der Waals surface area contributed by atoms with Crippen LogP contribution in [0.1, 0.15) is 45.4 Å². The Kier molecular flexibility index (Phi) is 4.29. The molecule has 0 aromatic heterocycles. The second-order valence-corrected chi connectivity index (χ2v) is 4.52. The summed E-state index contributed by atoms with van der Waals surface area (Å²) in [6.07, 6.45) is 4.34. The summed E-state index contributed by atoms with van der Waals surface area (Å²) in [6.45, 7) is 1.88. The lowest BCUT2D eigenvalue weighted by atomic mass is 9.97. The number of rotatable bonds is 5. The Hall–Kier alpha value is -1.10. The van der Waals surface area contributed by atoms with Gasteiger partial charge in [0, 0.05) is 0 Å². The number of carbonyl (C=O) groups is 2. The second kappa shape index (κ2) is 5.30. The Morgan fingerprint density at radius 3 is 2.44 bits per heavy atom. The lowest BCUT2D eigenvalue weighted by Gasteiger charge is -2.24. The SMILES string of the molecule is CCC[C@H](NC(=O)C1(N)CCCC1)C(=O)O. The monoisotopic (exact) mass is 228 g/mol. The standard InChI is InChI=1S/C11H20N2O3/c1-2-5-8(9(14)15)13-10(16)11(12)6-3-4-7-11/h8H,2-7,12H2,1H3,(H,13,16)(H,14,15)/t8-/m0/s1. The van der Waals surface area contributed by atoms with Crippen molar-refractivity contribution in [2.75, 3.05) is 0 Å². The summed E-state index contributed by atoms with van der Waals surface area (Å²) in [5.74, 6) is -1.30. The van der Waals surface area contributed by atoms with Gasteiger partial charge >= 0.3 is 5.97 Å². The van der Waals surface area contributed by atoms with Crippen molar-refractivity contribution in [1.29, 1.82) is 0 Å². The minimum absolute atomic E-state index is 0.314. The van der Waals surface area contributed by atoms with Crippen molar-refractivity contribution >= 4 is 11.9 Å². The van der Waals surface area contributed by atoms with E-state index in [0.717, 1.165) is 19.3 Å². The lowest BCUT2D eigenvalue weighted by molar-refractivity contribution is -0.142. The van der Waals surface area contributed by atoms with Crippen LogP contribution in [0.2, 0.25) is 0 Å². The maximum absolute atomic E-state index is 11.9. The van der Waals surface area contributed by atoms with Crippen LogP contribution < -0.4 is 11.1 Å². The van der Waals surface area contributed by atoms with Gasteiger partial charge in [-0.05, 0) is 19.3 Å². The molecule has 0 spiro atoms. The third-order valence-corrected chi connectivity index (χ3v) is 3.13. The van der Waals surface area contributed by atoms with E-state index in [0.29, 0.717) is 19.3 Å². The Morgan fingerprint density at radius 1 is 1.44 bits per heavy atom. The molecule has 0 bridgehead atoms. The fourth-order valence-electron chi connectivity index (χ4n) is 2.08. The van der Waals surface area contributed by atoms with Crippen molar-refractivity contribution in [3.63, 3.8) is 0 Å². The molecule has 1 saturated carbocycles. The van der Waals surface area contributed by atoms with Crippen LogP contribution in [-0.2, 0) is 9.59 Å². The van der Waals surface area contributed by atoms with Gasteiger partial charge < -0.3 is 16.2 Å². The van der Waals surface area contributed by atoms with E-state index in [-0.39, 0.29) is 5.91 Å². The normalized spacial score (nSPS) is 20.4. The molecule has 1 rings (SSSR count). The Labute approximate surface area is 95.4 Å². The van der Waals surface area contributed by atoms with Crippen LogP contribution in [0.15, 0.2) is 0 Å². The largest absolute Gasteiger partial charge is 0.480 e. The van der Waals surface area contributed by atoms with E-state index in [1.807, 2.05) is 6.92 Å². The Morgan fingerprint density at radius 2 is 2.00 bits per heavy atom. The summed E-state index contributed by atoms with van der Waals surface area (Å²) >= 11 is 0. The van der Waals surface area contributed by atoms with Gasteiger partial charge in [0.2, 0.25) is 5.91 Å². The van der Waals surface area contributed by atoms with Gasteiger partial charge in [-0.25, -0.2) is 4.79 Å². The molecule has 5 heteroatoms. The van der Waals surface area contributed by atoms with Crippen molar-refractivity contribution in [1.82, 2.24) is 5.32 Å². The number of carboxylic acid groups (broad SMARTS) is 1. The number of carbonyl (C=O) groups excluding carboxylic acids is 1. The average molecular weight is 228 g/mol. The highest BCUT2D eigenvalue weighted by Crippen LogP contribution is 2.27. The predicted molar refractivity (Wildman–Crippen MR) is 59.9 cm³/mol. The zero-order valence-electron chi connectivity index (χ0n) is 9.66. The highest BCUT2D eigenvalue weighted by atomic mass is 16.4. The summed E-state index contributed by atoms with van der Waals surface area (Å²) in [5, 5.41) is 11.5. The van der Waals surface area contributed by atoms with Crippen LogP contribution in [0.5, 0.6) is 0 Å². The maximum atomic E-state index is 11.9. The highest BCUT2D eigenvalue weighted by Gasteiger charge is 2.38. The van der Waals surface area contributed by atoms with Crippen LogP contribution >= 0.6 is 0 Å². The molecule has 1 amide bonds. The Balaban J connectivity index is 2.57. The van der Waals surface area contributed by atoms with Crippen molar-refractivity contribution in [2.24, 2.45) is 5.73 Å². The number of carboxylic acids is 1. The fourth-order valence-corrected chi connectivity index (χ4v) is 2.08. The van der Waals surface area contributed by atoms with Crippen LogP contribution in [-0.4, -0.2) is 28.6 Å². The molecule has 1 atom stereocenters. The number of nitrogens with two attached hydrogens (primary N) is 1. The summed E-state index contributed by atoms with van der Waals surface area (Å²) in [5.41, 5.74) is 5.10. The molecule has 4 N–H and O–H groups in total. The molecule has 16 heavy (non-hydrogen) atoms. The third kappa shape index (κ3) is 2.95. The molecule has 1 fully saturated rings. The van der Waals surface area contributed by atoms with Crippen molar-refractivity contribution in [3.05, 3.63) is 0 Å². The number of hydrogen-bond acceptors (Lipinski definition) is 3. The topological polar surface area (TPSA) is 92.4 Å². The summed E-state index contributed by atoms with van der Waals surface area (Å²) in [6, 6.07) is -0.807. The molecule has 0 aromatic rings. The third-order valence-electron chi connectivity index (χ3n) is 3.13. The lowest BCUT2D eigenvalue weighted by Crippen LogP contribution is -2.55. The van der Waals surface area contributed by atoms with Gasteiger partial charge in [0.15, 0.2) is 0 Å². The van der Waals surface area contributed by atoms with Crippen LogP contribution in [0.25, 0.3) is 0 Å². The number of hydrogen-bond donors (Lipinski definition) is 3. The number of amides is 1. The smallest absolute Gasteiger partial charge is 0.326 e. The summed E-state index contributed by atoms with van der Waals surface area (Å²) in [4.78, 5) is 22.7. The minimum atomic E-state index is -0.989. The molecule has 0 aromatic carbocycles. The maximum Gasteiger partial charge on any atom is 0.326 e. The zero-order chi connectivity index (χ0) is 12.2. The quantitative estimate of drug-likeness (QED) is 0.643. The van der Waals surface area contributed by atoms with Crippen LogP contribution in [0.3, 0.4) is 0 Å². The molecule has 5 nitrogen and oxygen atoms in total. The zero-order valence-corrected chi connectivity index (χ0v) is 9.66. The van der Waals surface area contributed by atoms with Gasteiger partial charge in [0.05, 0.1) is 5.54 Å².